The Labute approximate surface area is 110 Å². The van der Waals surface area contributed by atoms with Crippen LogP contribution in [0.15, 0.2) is 33.9 Å². The van der Waals surface area contributed by atoms with Crippen LogP contribution in [0, 0.1) is 0 Å². The van der Waals surface area contributed by atoms with Gasteiger partial charge in [-0.3, -0.25) is 0 Å². The smallest absolute Gasteiger partial charge is 0.257 e. The van der Waals surface area contributed by atoms with Crippen LogP contribution in [0.4, 0.5) is 0 Å². The summed E-state index contributed by atoms with van der Waals surface area (Å²) in [6.45, 7) is 0. The predicted molar refractivity (Wildman–Crippen MR) is 72.8 cm³/mol. The topological polar surface area (TPSA) is 38.1 Å². The molecule has 18 heavy (non-hydrogen) atoms. The number of aromatic nitrogens is 1. The minimum Gasteiger partial charge on any atom is -0.431 e. The molecule has 2 saturated heterocycles. The number of para-hydroxylation sites is 2. The highest BCUT2D eigenvalue weighted by Gasteiger charge is 2.34. The molecule has 2 aliphatic rings. The lowest BCUT2D eigenvalue weighted by atomic mass is 10.1. The Balaban J connectivity index is 1.54. The van der Waals surface area contributed by atoms with Crippen molar-refractivity contribution in [3.05, 3.63) is 24.3 Å². The molecule has 2 aromatic rings. The van der Waals surface area contributed by atoms with E-state index in [1.165, 1.54) is 25.7 Å². The Bertz CT molecular complexity index is 523. The molecule has 0 saturated carbocycles. The molecule has 0 unspecified atom stereocenters. The molecule has 4 rings (SSSR count). The van der Waals surface area contributed by atoms with Crippen molar-refractivity contribution in [2.45, 2.75) is 48.2 Å². The van der Waals surface area contributed by atoms with Gasteiger partial charge in [-0.15, -0.1) is 0 Å². The van der Waals surface area contributed by atoms with Gasteiger partial charge in [0.1, 0.15) is 5.52 Å². The molecule has 2 fully saturated rings. The first kappa shape index (κ1) is 10.9. The SMILES string of the molecule is c1ccc2oc(SC3C[C@@H]4CC[C@@H](C3)N4)nc2c1. The summed E-state index contributed by atoms with van der Waals surface area (Å²) in [5.41, 5.74) is 1.87. The summed E-state index contributed by atoms with van der Waals surface area (Å²) in [5, 5.41) is 5.17. The lowest BCUT2D eigenvalue weighted by molar-refractivity contribution is 0.410. The normalized spacial score (nSPS) is 31.0. The molecule has 3 nitrogen and oxygen atoms in total. The van der Waals surface area contributed by atoms with E-state index >= 15 is 0 Å². The van der Waals surface area contributed by atoms with Crippen molar-refractivity contribution in [2.24, 2.45) is 0 Å². The van der Waals surface area contributed by atoms with Crippen LogP contribution < -0.4 is 5.32 Å². The molecule has 1 aromatic heterocycles. The predicted octanol–water partition coefficient (Wildman–Crippen LogP) is 3.20. The number of hydrogen-bond acceptors (Lipinski definition) is 4. The first-order chi connectivity index (χ1) is 8.87. The van der Waals surface area contributed by atoms with Crippen molar-refractivity contribution in [3.63, 3.8) is 0 Å². The van der Waals surface area contributed by atoms with Gasteiger partial charge >= 0.3 is 0 Å². The van der Waals surface area contributed by atoms with Gasteiger partial charge in [-0.2, -0.15) is 0 Å². The fourth-order valence-corrected chi connectivity index (χ4v) is 4.38. The van der Waals surface area contributed by atoms with E-state index in [4.69, 9.17) is 4.42 Å². The highest BCUT2D eigenvalue weighted by molar-refractivity contribution is 7.99. The Hall–Kier alpha value is -1.00. The third kappa shape index (κ3) is 1.93. The van der Waals surface area contributed by atoms with Crippen LogP contribution in [0.2, 0.25) is 0 Å². The molecule has 3 heterocycles. The fourth-order valence-electron chi connectivity index (χ4n) is 3.15. The van der Waals surface area contributed by atoms with Gasteiger partial charge in [0.15, 0.2) is 5.58 Å². The summed E-state index contributed by atoms with van der Waals surface area (Å²) in [6, 6.07) is 9.45. The van der Waals surface area contributed by atoms with Gasteiger partial charge in [-0.25, -0.2) is 4.98 Å². The van der Waals surface area contributed by atoms with Crippen molar-refractivity contribution < 1.29 is 4.42 Å². The van der Waals surface area contributed by atoms with Crippen LogP contribution in [0.1, 0.15) is 25.7 Å². The van der Waals surface area contributed by atoms with E-state index < -0.39 is 0 Å². The maximum Gasteiger partial charge on any atom is 0.257 e. The van der Waals surface area contributed by atoms with Gasteiger partial charge in [0.25, 0.3) is 5.22 Å². The first-order valence-corrected chi connectivity index (χ1v) is 7.53. The molecule has 1 N–H and O–H groups in total. The number of fused-ring (bicyclic) bond motifs is 3. The molecule has 0 spiro atoms. The quantitative estimate of drug-likeness (QED) is 0.900. The number of hydrogen-bond donors (Lipinski definition) is 1. The fraction of sp³-hybridized carbons (Fsp3) is 0.500. The van der Waals surface area contributed by atoms with E-state index in [1.807, 2.05) is 36.0 Å². The Kier molecular flexibility index (Phi) is 2.59. The Morgan fingerprint density at radius 1 is 1.17 bits per heavy atom. The van der Waals surface area contributed by atoms with E-state index in [0.717, 1.165) is 28.4 Å². The lowest BCUT2D eigenvalue weighted by Crippen LogP contribution is -2.39. The lowest BCUT2D eigenvalue weighted by Gasteiger charge is -2.27. The summed E-state index contributed by atoms with van der Waals surface area (Å²) in [6.07, 6.45) is 5.18. The van der Waals surface area contributed by atoms with Crippen LogP contribution in [0.25, 0.3) is 11.1 Å². The second kappa shape index (κ2) is 4.28. The third-order valence-electron chi connectivity index (χ3n) is 3.97. The zero-order valence-electron chi connectivity index (χ0n) is 10.1. The van der Waals surface area contributed by atoms with E-state index in [-0.39, 0.29) is 0 Å². The zero-order valence-corrected chi connectivity index (χ0v) is 11.0. The number of rotatable bonds is 2. The average molecular weight is 260 g/mol. The summed E-state index contributed by atoms with van der Waals surface area (Å²) in [7, 11) is 0. The highest BCUT2D eigenvalue weighted by atomic mass is 32.2. The Morgan fingerprint density at radius 2 is 1.94 bits per heavy atom. The minimum atomic E-state index is 0.664. The van der Waals surface area contributed by atoms with Gasteiger partial charge in [0.2, 0.25) is 0 Å². The molecule has 0 aliphatic carbocycles. The summed E-state index contributed by atoms with van der Waals surface area (Å²) < 4.78 is 5.79. The van der Waals surface area contributed by atoms with Gasteiger partial charge < -0.3 is 9.73 Å². The highest BCUT2D eigenvalue weighted by Crippen LogP contribution is 2.37. The Morgan fingerprint density at radius 3 is 2.72 bits per heavy atom. The maximum atomic E-state index is 5.79. The first-order valence-electron chi connectivity index (χ1n) is 6.65. The third-order valence-corrected chi connectivity index (χ3v) is 5.07. The standard InChI is InChI=1S/C14H16N2OS/c1-2-4-13-12(3-1)16-14(17-13)18-11-7-9-5-6-10(8-11)15-9/h1-4,9-11,15H,5-8H2/t9-,10-/m0/s1. The second-order valence-electron chi connectivity index (χ2n) is 5.30. The molecular formula is C14H16N2OS. The van der Waals surface area contributed by atoms with Crippen molar-refractivity contribution in [2.75, 3.05) is 0 Å². The van der Waals surface area contributed by atoms with E-state index in [0.29, 0.717) is 5.25 Å². The molecule has 2 atom stereocenters. The second-order valence-corrected chi connectivity index (χ2v) is 6.55. The molecule has 0 amide bonds. The van der Waals surface area contributed by atoms with Gasteiger partial charge in [0.05, 0.1) is 0 Å². The number of nitrogens with zero attached hydrogens (tertiary/aromatic N) is 1. The minimum absolute atomic E-state index is 0.664. The average Bonchev–Trinajstić information content (AvgIpc) is 2.92. The van der Waals surface area contributed by atoms with Crippen LogP contribution in [-0.4, -0.2) is 22.3 Å². The van der Waals surface area contributed by atoms with E-state index in [9.17, 15) is 0 Å². The molecule has 2 bridgehead atoms. The number of thioether (sulfide) groups is 1. The summed E-state index contributed by atoms with van der Waals surface area (Å²) >= 11 is 1.82. The molecule has 0 radical (unpaired) electrons. The number of nitrogens with one attached hydrogen (secondary N) is 1. The number of benzene rings is 1. The molecule has 4 heteroatoms. The maximum absolute atomic E-state index is 5.79. The monoisotopic (exact) mass is 260 g/mol. The van der Waals surface area contributed by atoms with Gasteiger partial charge in [0, 0.05) is 17.3 Å². The molecule has 2 aliphatic heterocycles. The molecular weight excluding hydrogens is 244 g/mol. The number of oxazole rings is 1. The molecule has 1 aromatic carbocycles. The number of piperidine rings is 1. The van der Waals surface area contributed by atoms with Crippen molar-refractivity contribution >= 4 is 22.9 Å². The van der Waals surface area contributed by atoms with Gasteiger partial charge in [-0.05, 0) is 37.8 Å². The van der Waals surface area contributed by atoms with E-state index in [1.54, 1.807) is 0 Å². The van der Waals surface area contributed by atoms with Crippen LogP contribution >= 0.6 is 11.8 Å². The summed E-state index contributed by atoms with van der Waals surface area (Å²) in [5.74, 6) is 0. The summed E-state index contributed by atoms with van der Waals surface area (Å²) in [4.78, 5) is 4.55. The van der Waals surface area contributed by atoms with Crippen LogP contribution in [0.5, 0.6) is 0 Å². The van der Waals surface area contributed by atoms with Crippen molar-refractivity contribution in [1.82, 2.24) is 10.3 Å². The van der Waals surface area contributed by atoms with Crippen LogP contribution in [-0.2, 0) is 0 Å². The van der Waals surface area contributed by atoms with Crippen LogP contribution in [0.3, 0.4) is 0 Å². The van der Waals surface area contributed by atoms with E-state index in [2.05, 4.69) is 10.3 Å². The van der Waals surface area contributed by atoms with Gasteiger partial charge in [-0.1, -0.05) is 23.9 Å². The molecule has 94 valence electrons. The largest absolute Gasteiger partial charge is 0.431 e. The van der Waals surface area contributed by atoms with Crippen molar-refractivity contribution in [3.8, 4) is 0 Å². The van der Waals surface area contributed by atoms with Crippen molar-refractivity contribution in [1.29, 1.82) is 0 Å². The zero-order chi connectivity index (χ0) is 11.9.